The topological polar surface area (TPSA) is 237 Å². The average Bonchev–Trinajstić information content (AvgIpc) is 1.99. The lowest BCUT2D eigenvalue weighted by Gasteiger charge is -2.21. The molecule has 19 heteroatoms. The molecule has 0 fully saturated rings. The van der Waals surface area contributed by atoms with Crippen LogP contribution in [-0.4, -0.2) is 96.7 Å². The van der Waals surface area contributed by atoms with Crippen LogP contribution in [0, 0.1) is 23.7 Å². The molecule has 0 aromatic rings. The molecule has 0 aliphatic carbocycles. The van der Waals surface area contributed by atoms with Crippen molar-refractivity contribution in [1.82, 2.24) is 0 Å². The van der Waals surface area contributed by atoms with Gasteiger partial charge in [0.05, 0.1) is 26.4 Å². The Bertz CT molecular complexity index is 1890. The first-order valence-electron chi connectivity index (χ1n) is 39.7. The predicted octanol–water partition coefficient (Wildman–Crippen LogP) is 22.4. The van der Waals surface area contributed by atoms with Crippen LogP contribution in [0.25, 0.3) is 0 Å². The van der Waals surface area contributed by atoms with Gasteiger partial charge >= 0.3 is 39.5 Å². The maximum absolute atomic E-state index is 13.1. The highest BCUT2D eigenvalue weighted by atomic mass is 31.2. The lowest BCUT2D eigenvalue weighted by molar-refractivity contribution is -0.161. The summed E-state index contributed by atoms with van der Waals surface area (Å²) in [4.78, 5) is 72.8. The zero-order valence-electron chi connectivity index (χ0n) is 63.0. The van der Waals surface area contributed by atoms with Crippen molar-refractivity contribution in [2.45, 2.75) is 408 Å². The van der Waals surface area contributed by atoms with E-state index >= 15 is 0 Å². The minimum absolute atomic E-state index is 0.105. The number of ether oxygens (including phenoxy) is 4. The first kappa shape index (κ1) is 94.1. The second kappa shape index (κ2) is 66.3. The molecule has 0 heterocycles. The Balaban J connectivity index is 5.19. The van der Waals surface area contributed by atoms with Crippen molar-refractivity contribution in [3.63, 3.8) is 0 Å². The number of carbonyl (C=O) groups excluding carboxylic acids is 4. The highest BCUT2D eigenvalue weighted by molar-refractivity contribution is 7.47. The molecule has 0 spiro atoms. The second-order valence-corrected chi connectivity index (χ2v) is 32.3. The number of hydrogen-bond acceptors (Lipinski definition) is 15. The van der Waals surface area contributed by atoms with Gasteiger partial charge in [-0.25, -0.2) is 9.13 Å². The third-order valence-electron chi connectivity index (χ3n) is 18.2. The van der Waals surface area contributed by atoms with E-state index in [-0.39, 0.29) is 25.7 Å². The van der Waals surface area contributed by atoms with Crippen LogP contribution in [0.5, 0.6) is 0 Å². The molecule has 3 unspecified atom stereocenters. The van der Waals surface area contributed by atoms with Gasteiger partial charge in [0, 0.05) is 25.7 Å². The molecule has 0 aliphatic rings. The number of carbonyl (C=O) groups is 4. The summed E-state index contributed by atoms with van der Waals surface area (Å²) in [6.45, 7) is 14.2. The number of hydrogen-bond donors (Lipinski definition) is 3. The second-order valence-electron chi connectivity index (χ2n) is 29.4. The molecule has 0 saturated carbocycles. The van der Waals surface area contributed by atoms with Crippen molar-refractivity contribution in [1.29, 1.82) is 0 Å². The van der Waals surface area contributed by atoms with E-state index in [1.165, 1.54) is 186 Å². The van der Waals surface area contributed by atoms with Crippen LogP contribution in [-0.2, 0) is 65.4 Å². The van der Waals surface area contributed by atoms with Gasteiger partial charge in [-0.05, 0) is 49.4 Å². The Morgan fingerprint density at radius 2 is 0.500 bits per heavy atom. The van der Waals surface area contributed by atoms with E-state index in [1.54, 1.807) is 0 Å². The van der Waals surface area contributed by atoms with Gasteiger partial charge < -0.3 is 33.8 Å². The molecule has 0 saturated heterocycles. The molecule has 0 aromatic heterocycles. The number of esters is 4. The van der Waals surface area contributed by atoms with Crippen LogP contribution in [0.3, 0.4) is 0 Å². The van der Waals surface area contributed by atoms with E-state index in [4.69, 9.17) is 37.0 Å². The number of unbranched alkanes of at least 4 members (excludes halogenated alkanes) is 39. The molecule has 0 aliphatic heterocycles. The summed E-state index contributed by atoms with van der Waals surface area (Å²) >= 11 is 0. The van der Waals surface area contributed by atoms with Crippen LogP contribution < -0.4 is 0 Å². The maximum atomic E-state index is 13.1. The Morgan fingerprint density at radius 1 is 0.292 bits per heavy atom. The normalized spacial score (nSPS) is 14.4. The van der Waals surface area contributed by atoms with Gasteiger partial charge in [0.25, 0.3) is 0 Å². The molecule has 6 atom stereocenters. The summed E-state index contributed by atoms with van der Waals surface area (Å²) in [5.41, 5.74) is 0. The number of phosphoric ester groups is 2. The zero-order valence-corrected chi connectivity index (χ0v) is 64.8. The summed E-state index contributed by atoms with van der Waals surface area (Å²) < 4.78 is 68.5. The smallest absolute Gasteiger partial charge is 0.462 e. The molecule has 96 heavy (non-hydrogen) atoms. The first-order valence-corrected chi connectivity index (χ1v) is 42.7. The third kappa shape index (κ3) is 69.2. The molecule has 0 aromatic carbocycles. The fourth-order valence-corrected chi connectivity index (χ4v) is 13.3. The molecule has 570 valence electrons. The lowest BCUT2D eigenvalue weighted by Crippen LogP contribution is -2.30. The Labute approximate surface area is 588 Å². The summed E-state index contributed by atoms with van der Waals surface area (Å²) in [5, 5.41) is 10.6. The Morgan fingerprint density at radius 3 is 0.740 bits per heavy atom. The quantitative estimate of drug-likeness (QED) is 0.0222. The van der Waals surface area contributed by atoms with Gasteiger partial charge in [-0.3, -0.25) is 37.3 Å². The molecule has 0 radical (unpaired) electrons. The highest BCUT2D eigenvalue weighted by Gasteiger charge is 2.30. The first-order chi connectivity index (χ1) is 46.1. The van der Waals surface area contributed by atoms with Gasteiger partial charge in [-0.15, -0.1) is 0 Å². The van der Waals surface area contributed by atoms with E-state index in [1.807, 2.05) is 0 Å². The SMILES string of the molecule is CCC(C)CCCCCCCCC(=O)OC[C@H](COP(=O)(O)OC[C@H](O)COP(=O)(O)OC[C@@H](COC(=O)CCCCCCCCCCC(C)C)OC(=O)CCCCCCCCCCCCCC(C)C)OC(=O)CCCCCCCCCCCCCCCCCCCCC(C)C. The van der Waals surface area contributed by atoms with Gasteiger partial charge in [0.2, 0.25) is 0 Å². The fourth-order valence-electron chi connectivity index (χ4n) is 11.7. The van der Waals surface area contributed by atoms with Gasteiger partial charge in [-0.1, -0.05) is 338 Å². The highest BCUT2D eigenvalue weighted by Crippen LogP contribution is 2.45. The van der Waals surface area contributed by atoms with Crippen molar-refractivity contribution in [3.05, 3.63) is 0 Å². The molecule has 0 rings (SSSR count). The summed E-state index contributed by atoms with van der Waals surface area (Å²) in [6, 6.07) is 0. The zero-order chi connectivity index (χ0) is 71.0. The van der Waals surface area contributed by atoms with E-state index in [2.05, 4.69) is 55.4 Å². The molecule has 0 bridgehead atoms. The van der Waals surface area contributed by atoms with E-state index < -0.39 is 97.5 Å². The minimum Gasteiger partial charge on any atom is -0.462 e. The van der Waals surface area contributed by atoms with Gasteiger partial charge in [-0.2, -0.15) is 0 Å². The van der Waals surface area contributed by atoms with Crippen LogP contribution in [0.1, 0.15) is 389 Å². The van der Waals surface area contributed by atoms with Crippen molar-refractivity contribution in [3.8, 4) is 0 Å². The number of aliphatic hydroxyl groups excluding tert-OH is 1. The monoisotopic (exact) mass is 1410 g/mol. The van der Waals surface area contributed by atoms with Crippen LogP contribution in [0.15, 0.2) is 0 Å². The molecule has 3 N–H and O–H groups in total. The predicted molar refractivity (Wildman–Crippen MR) is 391 cm³/mol. The van der Waals surface area contributed by atoms with Crippen LogP contribution in [0.4, 0.5) is 0 Å². The summed E-state index contributed by atoms with van der Waals surface area (Å²) in [5.74, 6) is 0.921. The Kier molecular flexibility index (Phi) is 65.0. The average molecular weight is 1410 g/mol. The minimum atomic E-state index is -4.96. The maximum Gasteiger partial charge on any atom is 0.472 e. The Hall–Kier alpha value is -1.94. The lowest BCUT2D eigenvalue weighted by atomic mass is 10.00. The van der Waals surface area contributed by atoms with Gasteiger partial charge in [0.1, 0.15) is 19.3 Å². The van der Waals surface area contributed by atoms with Crippen molar-refractivity contribution < 1.29 is 80.2 Å². The van der Waals surface area contributed by atoms with Crippen molar-refractivity contribution >= 4 is 39.5 Å². The van der Waals surface area contributed by atoms with Crippen molar-refractivity contribution in [2.24, 2.45) is 23.7 Å². The molecular formula is C77H150O17P2. The largest absolute Gasteiger partial charge is 0.472 e. The number of phosphoric acid groups is 2. The number of aliphatic hydroxyl groups is 1. The molecular weight excluding hydrogens is 1260 g/mol. The van der Waals surface area contributed by atoms with Gasteiger partial charge in [0.15, 0.2) is 12.2 Å². The molecule has 0 amide bonds. The van der Waals surface area contributed by atoms with Crippen LogP contribution in [0.2, 0.25) is 0 Å². The summed E-state index contributed by atoms with van der Waals surface area (Å²) in [7, 11) is -9.91. The standard InChI is InChI=1S/C77H150O17P2/c1-9-70(8)56-48-40-35-36-42-50-58-75(80)88-64-73(94-76(81)59-51-43-33-25-21-17-15-13-11-10-12-14-16-19-23-29-37-45-53-67(2)3)66-92-96(85,86)90-62-71(78)61-89-95(83,84)91-65-72(63-87-74(79)57-49-41-32-28-27-31-39-47-55-69(6)7)93-77(82)60-52-44-34-26-22-18-20-24-30-38-46-54-68(4)5/h67-73,78H,9-66H2,1-8H3,(H,83,84)(H,85,86)/t70?,71-,72-,73-/m1/s1. The van der Waals surface area contributed by atoms with Crippen LogP contribution >= 0.6 is 15.6 Å². The van der Waals surface area contributed by atoms with Crippen molar-refractivity contribution in [2.75, 3.05) is 39.6 Å². The summed E-state index contributed by atoms with van der Waals surface area (Å²) in [6.07, 6.45) is 51.5. The number of rotatable bonds is 74. The molecule has 17 nitrogen and oxygen atoms in total. The van der Waals surface area contributed by atoms with E-state index in [0.29, 0.717) is 25.7 Å². The van der Waals surface area contributed by atoms with E-state index in [9.17, 15) is 43.2 Å². The third-order valence-corrected chi connectivity index (χ3v) is 20.1. The fraction of sp³-hybridized carbons (Fsp3) is 0.948. The van der Waals surface area contributed by atoms with E-state index in [0.717, 1.165) is 120 Å².